The Balaban J connectivity index is 2.39. The summed E-state index contributed by atoms with van der Waals surface area (Å²) in [6.45, 7) is 0. The third kappa shape index (κ3) is 3.11. The van der Waals surface area contributed by atoms with Gasteiger partial charge in [-0.2, -0.15) is 0 Å². The lowest BCUT2D eigenvalue weighted by Gasteiger charge is -2.15. The molecule has 2 nitrogen and oxygen atoms in total. The maximum Gasteiger partial charge on any atom is 0.165 e. The maximum atomic E-state index is 13.8. The molecule has 0 aliphatic carbocycles. The minimum absolute atomic E-state index is 0.103. The number of nitrogens with one attached hydrogen (secondary N) is 1. The molecule has 1 heterocycles. The minimum Gasteiger partial charge on any atom is -0.494 e. The number of hydrogen-bond donors (Lipinski definition) is 1. The van der Waals surface area contributed by atoms with Crippen molar-refractivity contribution in [1.29, 1.82) is 0 Å². The zero-order valence-electron chi connectivity index (χ0n) is 10.3. The molecule has 0 fully saturated rings. The zero-order chi connectivity index (χ0) is 14.0. The predicted molar refractivity (Wildman–Crippen MR) is 80.9 cm³/mol. The highest BCUT2D eigenvalue weighted by molar-refractivity contribution is 9.10. The van der Waals surface area contributed by atoms with E-state index in [4.69, 9.17) is 16.3 Å². The number of ether oxygens (including phenoxy) is 1. The quantitative estimate of drug-likeness (QED) is 0.854. The molecule has 1 unspecified atom stereocenters. The Morgan fingerprint density at radius 2 is 2.16 bits per heavy atom. The van der Waals surface area contributed by atoms with Gasteiger partial charge in [-0.1, -0.05) is 17.7 Å². The normalized spacial score (nSPS) is 12.5. The molecule has 1 atom stereocenters. The summed E-state index contributed by atoms with van der Waals surface area (Å²) in [5.41, 5.74) is 0.825. The smallest absolute Gasteiger partial charge is 0.165 e. The molecule has 1 aromatic heterocycles. The van der Waals surface area contributed by atoms with Gasteiger partial charge in [-0.05, 0) is 46.7 Å². The molecule has 2 rings (SSSR count). The number of methoxy groups -OCH3 is 1. The number of halogens is 3. The molecule has 1 N–H and O–H groups in total. The highest BCUT2D eigenvalue weighted by atomic mass is 79.9. The molecule has 2 aromatic rings. The third-order valence-electron chi connectivity index (χ3n) is 2.75. The van der Waals surface area contributed by atoms with E-state index >= 15 is 0 Å². The molecule has 0 amide bonds. The molecular weight excluding hydrogens is 353 g/mol. The summed E-state index contributed by atoms with van der Waals surface area (Å²) < 4.78 is 20.2. The van der Waals surface area contributed by atoms with E-state index < -0.39 is 0 Å². The highest BCUT2D eigenvalue weighted by Gasteiger charge is 2.18. The van der Waals surface area contributed by atoms with Crippen molar-refractivity contribution in [1.82, 2.24) is 5.32 Å². The Labute approximate surface area is 128 Å². The molecule has 0 saturated heterocycles. The van der Waals surface area contributed by atoms with E-state index in [2.05, 4.69) is 21.2 Å². The number of benzene rings is 1. The Bertz CT molecular complexity index is 571. The summed E-state index contributed by atoms with van der Waals surface area (Å²) in [6, 6.07) is 6.77. The first-order chi connectivity index (χ1) is 9.06. The standard InChI is InChI=1S/C13H12BrClFNOS/c1-17-12(11-6-8(14)13(15)19-11)7-3-4-10(18-2)9(16)5-7/h3-6,12,17H,1-2H3. The van der Waals surface area contributed by atoms with Crippen LogP contribution in [0.15, 0.2) is 28.7 Å². The fourth-order valence-corrected chi connectivity index (χ4v) is 3.72. The van der Waals surface area contributed by atoms with Crippen LogP contribution in [0.2, 0.25) is 4.34 Å². The lowest BCUT2D eigenvalue weighted by molar-refractivity contribution is 0.386. The molecular formula is C13H12BrClFNOS. The lowest BCUT2D eigenvalue weighted by atomic mass is 10.1. The summed E-state index contributed by atoms with van der Waals surface area (Å²) in [5.74, 6) is -0.133. The van der Waals surface area contributed by atoms with Crippen LogP contribution in [0, 0.1) is 5.82 Å². The van der Waals surface area contributed by atoms with Gasteiger partial charge in [0.25, 0.3) is 0 Å². The van der Waals surface area contributed by atoms with Gasteiger partial charge in [0.1, 0.15) is 4.34 Å². The van der Waals surface area contributed by atoms with E-state index in [1.165, 1.54) is 24.5 Å². The summed E-state index contributed by atoms with van der Waals surface area (Å²) in [5, 5.41) is 3.16. The van der Waals surface area contributed by atoms with Gasteiger partial charge in [0.05, 0.1) is 13.2 Å². The average Bonchev–Trinajstić information content (AvgIpc) is 2.70. The van der Waals surface area contributed by atoms with Crippen molar-refractivity contribution in [3.8, 4) is 5.75 Å². The maximum absolute atomic E-state index is 13.8. The van der Waals surface area contributed by atoms with Gasteiger partial charge in [0, 0.05) is 9.35 Å². The Morgan fingerprint density at radius 3 is 2.63 bits per heavy atom. The van der Waals surface area contributed by atoms with Gasteiger partial charge in [-0.25, -0.2) is 4.39 Å². The molecule has 0 aliphatic heterocycles. The van der Waals surface area contributed by atoms with E-state index in [1.807, 2.05) is 19.2 Å². The molecule has 6 heteroatoms. The third-order valence-corrected chi connectivity index (χ3v) is 5.29. The predicted octanol–water partition coefficient (Wildman–Crippen LogP) is 4.62. The largest absolute Gasteiger partial charge is 0.494 e. The number of rotatable bonds is 4. The van der Waals surface area contributed by atoms with Crippen LogP contribution in [0.25, 0.3) is 0 Å². The minimum atomic E-state index is -0.373. The number of hydrogen-bond acceptors (Lipinski definition) is 3. The van der Waals surface area contributed by atoms with E-state index in [9.17, 15) is 4.39 Å². The second-order valence-corrected chi connectivity index (χ2v) is 6.43. The van der Waals surface area contributed by atoms with Crippen LogP contribution in [0.4, 0.5) is 4.39 Å². The Kier molecular flexibility index (Phi) is 4.84. The van der Waals surface area contributed by atoms with E-state index in [0.29, 0.717) is 4.34 Å². The van der Waals surface area contributed by atoms with Crippen molar-refractivity contribution in [3.63, 3.8) is 0 Å². The van der Waals surface area contributed by atoms with Crippen LogP contribution in [0.5, 0.6) is 5.75 Å². The second kappa shape index (κ2) is 6.22. The van der Waals surface area contributed by atoms with Crippen LogP contribution >= 0.6 is 38.9 Å². The molecule has 1 aromatic carbocycles. The molecule has 0 aliphatic rings. The summed E-state index contributed by atoms with van der Waals surface area (Å²) in [4.78, 5) is 1.02. The topological polar surface area (TPSA) is 21.3 Å². The van der Waals surface area contributed by atoms with Crippen molar-refractivity contribution in [2.45, 2.75) is 6.04 Å². The van der Waals surface area contributed by atoms with Crippen molar-refractivity contribution in [3.05, 3.63) is 49.3 Å². The van der Waals surface area contributed by atoms with E-state index in [0.717, 1.165) is 14.9 Å². The highest BCUT2D eigenvalue weighted by Crippen LogP contribution is 2.37. The fourth-order valence-electron chi connectivity index (χ4n) is 1.84. The SMILES string of the molecule is CNC(c1ccc(OC)c(F)c1)c1cc(Br)c(Cl)s1. The van der Waals surface area contributed by atoms with Gasteiger partial charge < -0.3 is 10.1 Å². The van der Waals surface area contributed by atoms with Crippen molar-refractivity contribution in [2.24, 2.45) is 0 Å². The lowest BCUT2D eigenvalue weighted by Crippen LogP contribution is -2.16. The van der Waals surface area contributed by atoms with Gasteiger partial charge >= 0.3 is 0 Å². The molecule has 19 heavy (non-hydrogen) atoms. The van der Waals surface area contributed by atoms with Crippen molar-refractivity contribution < 1.29 is 9.13 Å². The molecule has 102 valence electrons. The van der Waals surface area contributed by atoms with Gasteiger partial charge in [0.15, 0.2) is 11.6 Å². The fraction of sp³-hybridized carbons (Fsp3) is 0.231. The molecule has 0 bridgehead atoms. The first kappa shape index (κ1) is 14.8. The first-order valence-electron chi connectivity index (χ1n) is 5.52. The van der Waals surface area contributed by atoms with Crippen LogP contribution in [0.3, 0.4) is 0 Å². The zero-order valence-corrected chi connectivity index (χ0v) is 13.5. The van der Waals surface area contributed by atoms with Crippen LogP contribution in [-0.4, -0.2) is 14.2 Å². The Hall–Kier alpha value is -0.620. The van der Waals surface area contributed by atoms with Gasteiger partial charge in [-0.3, -0.25) is 0 Å². The van der Waals surface area contributed by atoms with Crippen LogP contribution < -0.4 is 10.1 Å². The van der Waals surface area contributed by atoms with E-state index in [1.54, 1.807) is 6.07 Å². The molecule has 0 saturated carbocycles. The van der Waals surface area contributed by atoms with Crippen molar-refractivity contribution in [2.75, 3.05) is 14.2 Å². The van der Waals surface area contributed by atoms with E-state index in [-0.39, 0.29) is 17.6 Å². The van der Waals surface area contributed by atoms with Crippen molar-refractivity contribution >= 4 is 38.9 Å². The second-order valence-electron chi connectivity index (χ2n) is 3.89. The monoisotopic (exact) mass is 363 g/mol. The molecule has 0 spiro atoms. The summed E-state index contributed by atoms with van der Waals surface area (Å²) >= 11 is 10.9. The van der Waals surface area contributed by atoms with Gasteiger partial charge in [0.2, 0.25) is 0 Å². The van der Waals surface area contributed by atoms with Crippen LogP contribution in [0.1, 0.15) is 16.5 Å². The molecule has 0 radical (unpaired) electrons. The first-order valence-corrected chi connectivity index (χ1v) is 7.51. The van der Waals surface area contributed by atoms with Crippen LogP contribution in [-0.2, 0) is 0 Å². The Morgan fingerprint density at radius 1 is 1.42 bits per heavy atom. The number of thiophene rings is 1. The summed E-state index contributed by atoms with van der Waals surface area (Å²) in [6.07, 6.45) is 0. The summed E-state index contributed by atoms with van der Waals surface area (Å²) in [7, 11) is 3.28. The average molecular weight is 365 g/mol. The van der Waals surface area contributed by atoms with Gasteiger partial charge in [-0.15, -0.1) is 11.3 Å².